The fourth-order valence-corrected chi connectivity index (χ4v) is 2.87. The molecule has 2 rings (SSSR count). The molecular weight excluding hydrogens is 326 g/mol. The third-order valence-corrected chi connectivity index (χ3v) is 4.71. The highest BCUT2D eigenvalue weighted by molar-refractivity contribution is 8.00. The predicted molar refractivity (Wildman–Crippen MR) is 102 cm³/mol. The van der Waals surface area contributed by atoms with Crippen LogP contribution >= 0.6 is 23.4 Å². The molecule has 1 N–H and O–H groups in total. The zero-order chi connectivity index (χ0) is 16.7. The highest BCUT2D eigenvalue weighted by atomic mass is 35.5. The van der Waals surface area contributed by atoms with Crippen LogP contribution in [-0.2, 0) is 4.79 Å². The summed E-state index contributed by atoms with van der Waals surface area (Å²) in [6, 6.07) is 15.6. The van der Waals surface area contributed by atoms with Crippen LogP contribution in [0.3, 0.4) is 0 Å². The van der Waals surface area contributed by atoms with E-state index in [1.807, 2.05) is 44.2 Å². The minimum atomic E-state index is -0.131. The van der Waals surface area contributed by atoms with Crippen LogP contribution in [0.2, 0.25) is 5.02 Å². The van der Waals surface area contributed by atoms with Gasteiger partial charge >= 0.3 is 0 Å². The van der Waals surface area contributed by atoms with Gasteiger partial charge in [0.1, 0.15) is 0 Å². The minimum Gasteiger partial charge on any atom is -0.325 e. The maximum absolute atomic E-state index is 12.2. The number of carbonyl (C=O) groups excluding carboxylic acids is 1. The Bertz CT molecular complexity index is 685. The first-order valence-electron chi connectivity index (χ1n) is 7.46. The van der Waals surface area contributed by atoms with Crippen molar-refractivity contribution in [1.29, 1.82) is 0 Å². The second-order valence-corrected chi connectivity index (χ2v) is 7.05. The Hall–Kier alpha value is -1.71. The normalized spacial score (nSPS) is 12.3. The molecule has 1 atom stereocenters. The first-order chi connectivity index (χ1) is 11.1. The van der Waals surface area contributed by atoms with Crippen molar-refractivity contribution in [2.45, 2.75) is 19.1 Å². The SMILES string of the molecule is Cc1ccc(Cl)cc1NC(=O)C(C)SCC=Cc1ccccc1. The highest BCUT2D eigenvalue weighted by Gasteiger charge is 2.13. The summed E-state index contributed by atoms with van der Waals surface area (Å²) >= 11 is 7.58. The lowest BCUT2D eigenvalue weighted by Crippen LogP contribution is -2.23. The van der Waals surface area contributed by atoms with Crippen LogP contribution in [0.1, 0.15) is 18.1 Å². The van der Waals surface area contributed by atoms with Crippen LogP contribution in [0.15, 0.2) is 54.6 Å². The standard InChI is InChI=1S/C19H20ClNOS/c1-14-10-11-17(20)13-18(14)21-19(22)15(2)23-12-6-9-16-7-4-3-5-8-16/h3-11,13,15H,12H2,1-2H3,(H,21,22). The van der Waals surface area contributed by atoms with Crippen LogP contribution in [0.4, 0.5) is 5.69 Å². The van der Waals surface area contributed by atoms with E-state index < -0.39 is 0 Å². The number of halogens is 1. The number of hydrogen-bond acceptors (Lipinski definition) is 2. The number of carbonyl (C=O) groups is 1. The van der Waals surface area contributed by atoms with Gasteiger partial charge in [0.2, 0.25) is 5.91 Å². The molecule has 2 nitrogen and oxygen atoms in total. The largest absolute Gasteiger partial charge is 0.325 e. The number of aryl methyl sites for hydroxylation is 1. The summed E-state index contributed by atoms with van der Waals surface area (Å²) in [5, 5.41) is 3.43. The maximum Gasteiger partial charge on any atom is 0.237 e. The molecule has 120 valence electrons. The van der Waals surface area contributed by atoms with Crippen molar-refractivity contribution in [2.24, 2.45) is 0 Å². The number of benzene rings is 2. The Labute approximate surface area is 146 Å². The molecule has 0 saturated heterocycles. The van der Waals surface area contributed by atoms with E-state index in [9.17, 15) is 4.79 Å². The molecule has 0 aromatic heterocycles. The average Bonchev–Trinajstić information content (AvgIpc) is 2.55. The second-order valence-electron chi connectivity index (χ2n) is 5.24. The van der Waals surface area contributed by atoms with Crippen LogP contribution in [0, 0.1) is 6.92 Å². The van der Waals surface area contributed by atoms with Gasteiger partial charge in [-0.1, -0.05) is 60.2 Å². The minimum absolute atomic E-state index is 0.00604. The molecule has 0 heterocycles. The van der Waals surface area contributed by atoms with Crippen LogP contribution < -0.4 is 5.32 Å². The molecule has 2 aromatic rings. The first kappa shape index (κ1) is 17.6. The van der Waals surface area contributed by atoms with Crippen molar-refractivity contribution < 1.29 is 4.79 Å². The first-order valence-corrected chi connectivity index (χ1v) is 8.89. The number of thioether (sulfide) groups is 1. The summed E-state index contributed by atoms with van der Waals surface area (Å²) < 4.78 is 0. The van der Waals surface area contributed by atoms with E-state index in [1.54, 1.807) is 17.8 Å². The lowest BCUT2D eigenvalue weighted by Gasteiger charge is -2.13. The monoisotopic (exact) mass is 345 g/mol. The summed E-state index contributed by atoms with van der Waals surface area (Å²) in [5.41, 5.74) is 2.94. The van der Waals surface area contributed by atoms with E-state index >= 15 is 0 Å². The van der Waals surface area contributed by atoms with Gasteiger partial charge in [-0.3, -0.25) is 4.79 Å². The predicted octanol–water partition coefficient (Wildman–Crippen LogP) is 5.42. The third-order valence-electron chi connectivity index (χ3n) is 3.38. The molecular formula is C19H20ClNOS. The number of hydrogen-bond donors (Lipinski definition) is 1. The molecule has 4 heteroatoms. The molecule has 2 aromatic carbocycles. The van der Waals surface area contributed by atoms with Crippen LogP contribution in [-0.4, -0.2) is 16.9 Å². The number of amides is 1. The topological polar surface area (TPSA) is 29.1 Å². The van der Waals surface area contributed by atoms with E-state index in [0.29, 0.717) is 5.02 Å². The second kappa shape index (κ2) is 8.80. The van der Waals surface area contributed by atoms with Gasteiger partial charge in [0.05, 0.1) is 5.25 Å². The van der Waals surface area contributed by atoms with Crippen molar-refractivity contribution in [1.82, 2.24) is 0 Å². The quantitative estimate of drug-likeness (QED) is 0.757. The molecule has 1 amide bonds. The lowest BCUT2D eigenvalue weighted by molar-refractivity contribution is -0.115. The van der Waals surface area contributed by atoms with Gasteiger partial charge < -0.3 is 5.32 Å². The number of rotatable bonds is 6. The van der Waals surface area contributed by atoms with Gasteiger partial charge in [0, 0.05) is 16.5 Å². The molecule has 0 fully saturated rings. The average molecular weight is 346 g/mol. The summed E-state index contributed by atoms with van der Waals surface area (Å²) in [7, 11) is 0. The molecule has 0 saturated carbocycles. The Morgan fingerprint density at radius 1 is 1.26 bits per heavy atom. The van der Waals surface area contributed by atoms with E-state index in [2.05, 4.69) is 29.6 Å². The van der Waals surface area contributed by atoms with Gasteiger partial charge in [-0.25, -0.2) is 0 Å². The van der Waals surface area contributed by atoms with Gasteiger partial charge in [-0.05, 0) is 37.1 Å². The number of anilines is 1. The maximum atomic E-state index is 12.2. The van der Waals surface area contributed by atoms with Crippen molar-refractivity contribution in [3.63, 3.8) is 0 Å². The fraction of sp³-hybridized carbons (Fsp3) is 0.211. The lowest BCUT2D eigenvalue weighted by atomic mass is 10.2. The molecule has 0 aliphatic heterocycles. The van der Waals surface area contributed by atoms with E-state index in [4.69, 9.17) is 11.6 Å². The zero-order valence-corrected chi connectivity index (χ0v) is 14.8. The van der Waals surface area contributed by atoms with Crippen molar-refractivity contribution in [2.75, 3.05) is 11.1 Å². The Morgan fingerprint density at radius 3 is 2.74 bits per heavy atom. The van der Waals surface area contributed by atoms with Gasteiger partial charge in [-0.15, -0.1) is 11.8 Å². The summed E-state index contributed by atoms with van der Waals surface area (Å²) in [5.74, 6) is 0.784. The molecule has 23 heavy (non-hydrogen) atoms. The van der Waals surface area contributed by atoms with E-state index in [-0.39, 0.29) is 11.2 Å². The van der Waals surface area contributed by atoms with Gasteiger partial charge in [-0.2, -0.15) is 0 Å². The Morgan fingerprint density at radius 2 is 2.00 bits per heavy atom. The van der Waals surface area contributed by atoms with Crippen LogP contribution in [0.5, 0.6) is 0 Å². The fourth-order valence-electron chi connectivity index (χ4n) is 1.99. The summed E-state index contributed by atoms with van der Waals surface area (Å²) in [6.07, 6.45) is 4.15. The third kappa shape index (κ3) is 5.77. The molecule has 0 aliphatic rings. The Kier molecular flexibility index (Phi) is 6.75. The number of nitrogens with one attached hydrogen (secondary N) is 1. The summed E-state index contributed by atoms with van der Waals surface area (Å²) in [4.78, 5) is 12.2. The highest BCUT2D eigenvalue weighted by Crippen LogP contribution is 2.21. The van der Waals surface area contributed by atoms with Crippen LogP contribution in [0.25, 0.3) is 6.08 Å². The molecule has 1 unspecified atom stereocenters. The molecule has 0 spiro atoms. The Balaban J connectivity index is 1.83. The molecule has 0 radical (unpaired) electrons. The zero-order valence-electron chi connectivity index (χ0n) is 13.3. The van der Waals surface area contributed by atoms with E-state index in [0.717, 1.165) is 17.0 Å². The summed E-state index contributed by atoms with van der Waals surface area (Å²) in [6.45, 7) is 3.86. The molecule has 0 bridgehead atoms. The van der Waals surface area contributed by atoms with Gasteiger partial charge in [0.25, 0.3) is 0 Å². The molecule has 0 aliphatic carbocycles. The van der Waals surface area contributed by atoms with Crippen molar-refractivity contribution in [3.05, 3.63) is 70.8 Å². The van der Waals surface area contributed by atoms with Crippen molar-refractivity contribution in [3.8, 4) is 0 Å². The smallest absolute Gasteiger partial charge is 0.237 e. The van der Waals surface area contributed by atoms with Gasteiger partial charge in [0.15, 0.2) is 0 Å². The van der Waals surface area contributed by atoms with E-state index in [1.165, 1.54) is 5.56 Å². The van der Waals surface area contributed by atoms with Crippen molar-refractivity contribution >= 4 is 41.0 Å².